The van der Waals surface area contributed by atoms with Crippen LogP contribution in [0, 0.1) is 0 Å². The van der Waals surface area contributed by atoms with Gasteiger partial charge in [-0.15, -0.1) is 0 Å². The van der Waals surface area contributed by atoms with Gasteiger partial charge in [0.25, 0.3) is 0 Å². The summed E-state index contributed by atoms with van der Waals surface area (Å²) in [7, 11) is 0. The average molecular weight is 1130 g/mol. The normalized spacial score (nSPS) is 12.5. The van der Waals surface area contributed by atoms with Crippen molar-refractivity contribution in [2.24, 2.45) is 0 Å². The summed E-state index contributed by atoms with van der Waals surface area (Å²) in [6.45, 7) is 4.95. The van der Waals surface area contributed by atoms with E-state index in [1.54, 1.807) is 6.08 Å². The van der Waals surface area contributed by atoms with Crippen LogP contribution >= 0.6 is 0 Å². The van der Waals surface area contributed by atoms with Crippen molar-refractivity contribution in [2.75, 3.05) is 13.2 Å². The standard InChI is InChI=1S/C74H145NO5/c1-3-5-7-9-11-13-15-17-18-19-34-37-40-43-46-50-54-58-62-66-72(77)71(70-76)75-73(78)67-63-59-55-51-47-44-41-38-35-32-30-28-26-24-22-20-21-23-25-27-29-31-33-36-39-42-45-49-53-57-61-65-69-80-74(79)68-64-60-56-52-48-16-14-12-10-8-6-4-2/h62,66,71-72,76-77H,3-61,63-65,67-70H2,1-2H3,(H,75,78)/b66-62+. The maximum Gasteiger partial charge on any atom is 0.305 e. The van der Waals surface area contributed by atoms with Gasteiger partial charge >= 0.3 is 5.97 Å². The highest BCUT2D eigenvalue weighted by molar-refractivity contribution is 5.76. The third-order valence-electron chi connectivity index (χ3n) is 17.6. The van der Waals surface area contributed by atoms with E-state index in [1.165, 1.54) is 360 Å². The monoisotopic (exact) mass is 1130 g/mol. The van der Waals surface area contributed by atoms with Gasteiger partial charge in [-0.05, 0) is 32.1 Å². The molecule has 80 heavy (non-hydrogen) atoms. The Kier molecular flexibility index (Phi) is 68.9. The summed E-state index contributed by atoms with van der Waals surface area (Å²) in [4.78, 5) is 24.6. The molecule has 0 aliphatic carbocycles. The Morgan fingerprint density at radius 2 is 0.575 bits per heavy atom. The van der Waals surface area contributed by atoms with Crippen LogP contribution in [0.3, 0.4) is 0 Å². The number of carbonyl (C=O) groups is 2. The van der Waals surface area contributed by atoms with Crippen molar-refractivity contribution >= 4 is 11.9 Å². The number of amides is 1. The summed E-state index contributed by atoms with van der Waals surface area (Å²) in [5, 5.41) is 23.2. The first-order valence-electron chi connectivity index (χ1n) is 37.0. The number of unbranched alkanes of at least 4 members (excludes halogenated alkanes) is 59. The molecule has 0 aromatic rings. The quantitative estimate of drug-likeness (QED) is 0.0320. The zero-order valence-corrected chi connectivity index (χ0v) is 54.6. The van der Waals surface area contributed by atoms with Crippen molar-refractivity contribution in [3.05, 3.63) is 12.2 Å². The number of nitrogens with one attached hydrogen (secondary N) is 1. The molecule has 0 aliphatic heterocycles. The van der Waals surface area contributed by atoms with E-state index in [1.807, 2.05) is 6.08 Å². The Morgan fingerprint density at radius 3 is 0.850 bits per heavy atom. The van der Waals surface area contributed by atoms with Crippen LogP contribution in [-0.2, 0) is 14.3 Å². The highest BCUT2D eigenvalue weighted by Crippen LogP contribution is 2.20. The van der Waals surface area contributed by atoms with Gasteiger partial charge in [-0.2, -0.15) is 0 Å². The first kappa shape index (κ1) is 78.6. The minimum atomic E-state index is -0.841. The van der Waals surface area contributed by atoms with Gasteiger partial charge in [-0.3, -0.25) is 9.59 Å². The Morgan fingerprint density at radius 1 is 0.338 bits per heavy atom. The number of hydrogen-bond donors (Lipinski definition) is 3. The number of carbonyl (C=O) groups excluding carboxylic acids is 2. The van der Waals surface area contributed by atoms with Crippen molar-refractivity contribution in [3.8, 4) is 0 Å². The predicted molar refractivity (Wildman–Crippen MR) is 352 cm³/mol. The molecule has 0 spiro atoms. The fourth-order valence-electron chi connectivity index (χ4n) is 11.9. The van der Waals surface area contributed by atoms with E-state index in [0.717, 1.165) is 38.5 Å². The molecular formula is C74H145NO5. The zero-order chi connectivity index (χ0) is 57.8. The van der Waals surface area contributed by atoms with Gasteiger partial charge in [0, 0.05) is 12.8 Å². The second-order valence-corrected chi connectivity index (χ2v) is 25.6. The summed E-state index contributed by atoms with van der Waals surface area (Å²) in [5.41, 5.74) is 0. The minimum Gasteiger partial charge on any atom is -0.466 e. The van der Waals surface area contributed by atoms with Crippen molar-refractivity contribution in [3.63, 3.8) is 0 Å². The van der Waals surface area contributed by atoms with Crippen LogP contribution in [0.1, 0.15) is 425 Å². The van der Waals surface area contributed by atoms with E-state index in [9.17, 15) is 19.8 Å². The lowest BCUT2D eigenvalue weighted by atomic mass is 10.0. The van der Waals surface area contributed by atoms with Crippen LogP contribution in [0.25, 0.3) is 0 Å². The number of rotatable bonds is 70. The minimum absolute atomic E-state index is 0.0226. The molecule has 0 rings (SSSR count). The van der Waals surface area contributed by atoms with Crippen molar-refractivity contribution in [2.45, 2.75) is 437 Å². The topological polar surface area (TPSA) is 95.9 Å². The van der Waals surface area contributed by atoms with Crippen LogP contribution in [-0.4, -0.2) is 47.4 Å². The van der Waals surface area contributed by atoms with E-state index >= 15 is 0 Å². The first-order valence-corrected chi connectivity index (χ1v) is 37.0. The third-order valence-corrected chi connectivity index (χ3v) is 17.6. The zero-order valence-electron chi connectivity index (χ0n) is 54.6. The maximum absolute atomic E-state index is 12.5. The van der Waals surface area contributed by atoms with Gasteiger partial charge in [-0.1, -0.05) is 392 Å². The molecule has 0 aromatic carbocycles. The molecule has 0 aromatic heterocycles. The highest BCUT2D eigenvalue weighted by Gasteiger charge is 2.18. The maximum atomic E-state index is 12.5. The van der Waals surface area contributed by atoms with E-state index < -0.39 is 12.1 Å². The SMILES string of the molecule is CCCCCCCCCCCCCCCCCCC/C=C/C(O)C(CO)NC(=O)CCCCCCCCCCCCCCCCCCCCCCCCCCCCCCCCCCOC(=O)CCCCCCCCCCCCCC. The van der Waals surface area contributed by atoms with Gasteiger partial charge in [0.05, 0.1) is 25.4 Å². The van der Waals surface area contributed by atoms with Crippen molar-refractivity contribution < 1.29 is 24.5 Å². The molecule has 3 N–H and O–H groups in total. The Labute approximate surface area is 501 Å². The van der Waals surface area contributed by atoms with Crippen LogP contribution < -0.4 is 5.32 Å². The first-order chi connectivity index (χ1) is 39.5. The van der Waals surface area contributed by atoms with E-state index in [4.69, 9.17) is 4.74 Å². The number of aliphatic hydroxyl groups excluding tert-OH is 2. The Hall–Kier alpha value is -1.40. The molecule has 0 saturated carbocycles. The van der Waals surface area contributed by atoms with E-state index in [-0.39, 0.29) is 18.5 Å². The van der Waals surface area contributed by atoms with Crippen molar-refractivity contribution in [1.29, 1.82) is 0 Å². The fraction of sp³-hybridized carbons (Fsp3) is 0.946. The molecule has 2 atom stereocenters. The lowest BCUT2D eigenvalue weighted by Crippen LogP contribution is -2.45. The number of allylic oxidation sites excluding steroid dienone is 1. The van der Waals surface area contributed by atoms with Crippen LogP contribution in [0.15, 0.2) is 12.2 Å². The van der Waals surface area contributed by atoms with Gasteiger partial charge < -0.3 is 20.3 Å². The summed E-state index contributed by atoms with van der Waals surface area (Å²) in [5.74, 6) is -0.0364. The molecular weight excluding hydrogens is 983 g/mol. The predicted octanol–water partition coefficient (Wildman–Crippen LogP) is 23.9. The van der Waals surface area contributed by atoms with E-state index in [2.05, 4.69) is 19.2 Å². The molecule has 2 unspecified atom stereocenters. The highest BCUT2D eigenvalue weighted by atomic mass is 16.5. The largest absolute Gasteiger partial charge is 0.466 e. The second-order valence-electron chi connectivity index (χ2n) is 25.6. The molecule has 0 fully saturated rings. The fourth-order valence-corrected chi connectivity index (χ4v) is 11.9. The molecule has 0 radical (unpaired) electrons. The van der Waals surface area contributed by atoms with Gasteiger partial charge in [0.15, 0.2) is 0 Å². The number of aliphatic hydroxyl groups is 2. The van der Waals surface area contributed by atoms with Gasteiger partial charge in [0.2, 0.25) is 5.91 Å². The Balaban J connectivity index is 3.34. The Bertz CT molecular complexity index is 1210. The summed E-state index contributed by atoms with van der Waals surface area (Å²) in [6, 6.07) is -0.624. The lowest BCUT2D eigenvalue weighted by Gasteiger charge is -2.20. The van der Waals surface area contributed by atoms with Crippen LogP contribution in [0.5, 0.6) is 0 Å². The lowest BCUT2D eigenvalue weighted by molar-refractivity contribution is -0.143. The molecule has 1 amide bonds. The smallest absolute Gasteiger partial charge is 0.305 e. The molecule has 6 heteroatoms. The van der Waals surface area contributed by atoms with Crippen molar-refractivity contribution in [1.82, 2.24) is 5.32 Å². The molecule has 0 heterocycles. The summed E-state index contributed by atoms with van der Waals surface area (Å²) >= 11 is 0. The van der Waals surface area contributed by atoms with Gasteiger partial charge in [-0.25, -0.2) is 0 Å². The van der Waals surface area contributed by atoms with Gasteiger partial charge in [0.1, 0.15) is 0 Å². The average Bonchev–Trinajstić information content (AvgIpc) is 3.46. The number of hydrogen-bond acceptors (Lipinski definition) is 5. The van der Waals surface area contributed by atoms with Crippen LogP contribution in [0.4, 0.5) is 0 Å². The number of ether oxygens (including phenoxy) is 1. The molecule has 6 nitrogen and oxygen atoms in total. The van der Waals surface area contributed by atoms with E-state index in [0.29, 0.717) is 19.4 Å². The third kappa shape index (κ3) is 65.7. The summed E-state index contributed by atoms with van der Waals surface area (Å²) < 4.78 is 5.49. The molecule has 0 aliphatic rings. The molecule has 0 bridgehead atoms. The van der Waals surface area contributed by atoms with Crippen LogP contribution in [0.2, 0.25) is 0 Å². The molecule has 476 valence electrons. The molecule has 0 saturated heterocycles. The number of esters is 1. The second kappa shape index (κ2) is 70.1. The summed E-state index contributed by atoms with van der Waals surface area (Å²) in [6.07, 6.45) is 87.4.